The summed E-state index contributed by atoms with van der Waals surface area (Å²) < 4.78 is 0. The van der Waals surface area contributed by atoms with Gasteiger partial charge < -0.3 is 4.98 Å². The number of hydrogen-bond donors (Lipinski definition) is 1. The third-order valence-electron chi connectivity index (χ3n) is 1.95. The Morgan fingerprint density at radius 2 is 2.25 bits per heavy atom. The van der Waals surface area contributed by atoms with Crippen LogP contribution in [0.1, 0.15) is 42.4 Å². The molecule has 12 heavy (non-hydrogen) atoms. The van der Waals surface area contributed by atoms with Crippen molar-refractivity contribution >= 4 is 6.29 Å². The topological polar surface area (TPSA) is 32.9 Å². The minimum absolute atomic E-state index is 0.682. The van der Waals surface area contributed by atoms with Crippen LogP contribution in [0.2, 0.25) is 0 Å². The zero-order valence-corrected chi connectivity index (χ0v) is 7.47. The molecular formula is C10H15NO. The van der Waals surface area contributed by atoms with E-state index in [9.17, 15) is 4.79 Å². The molecule has 0 aromatic carbocycles. The molecule has 0 radical (unpaired) electrons. The molecule has 0 aliphatic carbocycles. The molecule has 0 saturated heterocycles. The molecule has 66 valence electrons. The third kappa shape index (κ3) is 2.53. The lowest BCUT2D eigenvalue weighted by atomic mass is 10.2. The summed E-state index contributed by atoms with van der Waals surface area (Å²) in [5, 5.41) is 0. The van der Waals surface area contributed by atoms with Crippen molar-refractivity contribution in [2.45, 2.75) is 32.6 Å². The summed E-state index contributed by atoms with van der Waals surface area (Å²) in [4.78, 5) is 13.4. The first-order chi connectivity index (χ1) is 5.86. The molecule has 1 N–H and O–H groups in total. The highest BCUT2D eigenvalue weighted by Gasteiger charge is 1.96. The van der Waals surface area contributed by atoms with Crippen molar-refractivity contribution in [2.75, 3.05) is 0 Å². The average Bonchev–Trinajstić information content (AvgIpc) is 2.53. The number of nitrogens with one attached hydrogen (secondary N) is 1. The number of aldehydes is 1. The maximum atomic E-state index is 10.3. The Bertz CT molecular complexity index is 240. The first-order valence-corrected chi connectivity index (χ1v) is 4.50. The second kappa shape index (κ2) is 4.75. The molecule has 2 nitrogen and oxygen atoms in total. The van der Waals surface area contributed by atoms with Gasteiger partial charge in [0.15, 0.2) is 6.29 Å². The summed E-state index contributed by atoms with van der Waals surface area (Å²) in [6, 6.07) is 3.81. The van der Waals surface area contributed by atoms with Crippen LogP contribution in [0.15, 0.2) is 12.1 Å². The number of aromatic amines is 1. The maximum Gasteiger partial charge on any atom is 0.166 e. The second-order valence-corrected chi connectivity index (χ2v) is 3.01. The van der Waals surface area contributed by atoms with Gasteiger partial charge in [0, 0.05) is 5.69 Å². The van der Waals surface area contributed by atoms with E-state index in [1.165, 1.54) is 25.0 Å². The van der Waals surface area contributed by atoms with Crippen LogP contribution < -0.4 is 0 Å². The SMILES string of the molecule is CCCCCc1ccc(C=O)[nH]1. The molecule has 0 unspecified atom stereocenters. The first kappa shape index (κ1) is 9.04. The zero-order chi connectivity index (χ0) is 8.81. The van der Waals surface area contributed by atoms with E-state index in [2.05, 4.69) is 11.9 Å². The van der Waals surface area contributed by atoms with Crippen LogP contribution >= 0.6 is 0 Å². The van der Waals surface area contributed by atoms with E-state index in [0.717, 1.165) is 12.7 Å². The van der Waals surface area contributed by atoms with Gasteiger partial charge in [-0.15, -0.1) is 0 Å². The van der Waals surface area contributed by atoms with Gasteiger partial charge in [-0.3, -0.25) is 4.79 Å². The van der Waals surface area contributed by atoms with Crippen molar-refractivity contribution in [3.63, 3.8) is 0 Å². The molecule has 1 aromatic heterocycles. The summed E-state index contributed by atoms with van der Waals surface area (Å²) in [6.07, 6.45) is 5.61. The molecule has 1 rings (SSSR count). The van der Waals surface area contributed by atoms with Crippen molar-refractivity contribution in [1.29, 1.82) is 0 Å². The highest BCUT2D eigenvalue weighted by molar-refractivity contribution is 5.71. The van der Waals surface area contributed by atoms with Crippen LogP contribution in [0.3, 0.4) is 0 Å². The summed E-state index contributed by atoms with van der Waals surface area (Å²) in [7, 11) is 0. The van der Waals surface area contributed by atoms with E-state index in [-0.39, 0.29) is 0 Å². The van der Waals surface area contributed by atoms with Gasteiger partial charge in [-0.1, -0.05) is 19.8 Å². The molecule has 0 fully saturated rings. The Morgan fingerprint density at radius 1 is 1.42 bits per heavy atom. The molecule has 0 aliphatic rings. The van der Waals surface area contributed by atoms with Crippen molar-refractivity contribution in [1.82, 2.24) is 4.98 Å². The van der Waals surface area contributed by atoms with Crippen LogP contribution in [0.25, 0.3) is 0 Å². The van der Waals surface area contributed by atoms with Crippen LogP contribution in [0.5, 0.6) is 0 Å². The predicted molar refractivity (Wildman–Crippen MR) is 49.4 cm³/mol. The van der Waals surface area contributed by atoms with Crippen LogP contribution in [0.4, 0.5) is 0 Å². The van der Waals surface area contributed by atoms with E-state index < -0.39 is 0 Å². The van der Waals surface area contributed by atoms with Crippen LogP contribution in [-0.2, 0) is 6.42 Å². The van der Waals surface area contributed by atoms with E-state index >= 15 is 0 Å². The first-order valence-electron chi connectivity index (χ1n) is 4.50. The van der Waals surface area contributed by atoms with E-state index in [1.54, 1.807) is 0 Å². The summed E-state index contributed by atoms with van der Waals surface area (Å²) in [5.41, 5.74) is 1.85. The van der Waals surface area contributed by atoms with Gasteiger partial charge in [0.2, 0.25) is 0 Å². The number of carbonyl (C=O) groups excluding carboxylic acids is 1. The van der Waals surface area contributed by atoms with Gasteiger partial charge in [0.05, 0.1) is 5.69 Å². The van der Waals surface area contributed by atoms with Gasteiger partial charge in [-0.05, 0) is 25.0 Å². The lowest BCUT2D eigenvalue weighted by Crippen LogP contribution is -1.86. The fourth-order valence-electron chi connectivity index (χ4n) is 1.24. The van der Waals surface area contributed by atoms with Crippen molar-refractivity contribution < 1.29 is 4.79 Å². The Kier molecular flexibility index (Phi) is 3.58. The Hall–Kier alpha value is -1.05. The number of carbonyl (C=O) groups is 1. The smallest absolute Gasteiger partial charge is 0.166 e. The molecule has 0 atom stereocenters. The number of H-pyrrole nitrogens is 1. The average molecular weight is 165 g/mol. The number of aromatic nitrogens is 1. The standard InChI is InChI=1S/C10H15NO/c1-2-3-4-5-9-6-7-10(8-12)11-9/h6-8,11H,2-5H2,1H3. The molecule has 0 spiro atoms. The molecule has 0 amide bonds. The zero-order valence-electron chi connectivity index (χ0n) is 7.47. The largest absolute Gasteiger partial charge is 0.356 e. The molecule has 0 saturated carbocycles. The van der Waals surface area contributed by atoms with E-state index in [0.29, 0.717) is 5.69 Å². The predicted octanol–water partition coefficient (Wildman–Crippen LogP) is 2.56. The quantitative estimate of drug-likeness (QED) is 0.528. The minimum atomic E-state index is 0.682. The highest BCUT2D eigenvalue weighted by Crippen LogP contribution is 2.05. The summed E-state index contributed by atoms with van der Waals surface area (Å²) in [5.74, 6) is 0. The Labute approximate surface area is 73.0 Å². The Balaban J connectivity index is 2.36. The monoisotopic (exact) mass is 165 g/mol. The number of hydrogen-bond acceptors (Lipinski definition) is 1. The normalized spacial score (nSPS) is 10.1. The van der Waals surface area contributed by atoms with Gasteiger partial charge in [-0.25, -0.2) is 0 Å². The Morgan fingerprint density at radius 3 is 2.83 bits per heavy atom. The number of aryl methyl sites for hydroxylation is 1. The minimum Gasteiger partial charge on any atom is -0.356 e. The molecule has 2 heteroatoms. The van der Waals surface area contributed by atoms with Gasteiger partial charge in [0.25, 0.3) is 0 Å². The summed E-state index contributed by atoms with van der Waals surface area (Å²) in [6.45, 7) is 2.19. The van der Waals surface area contributed by atoms with E-state index in [1.807, 2.05) is 12.1 Å². The lowest BCUT2D eigenvalue weighted by molar-refractivity contribution is 0.111. The fraction of sp³-hybridized carbons (Fsp3) is 0.500. The second-order valence-electron chi connectivity index (χ2n) is 3.01. The number of rotatable bonds is 5. The van der Waals surface area contributed by atoms with E-state index in [4.69, 9.17) is 0 Å². The van der Waals surface area contributed by atoms with Crippen molar-refractivity contribution in [3.8, 4) is 0 Å². The molecular weight excluding hydrogens is 150 g/mol. The lowest BCUT2D eigenvalue weighted by Gasteiger charge is -1.95. The molecule has 1 aromatic rings. The number of unbranched alkanes of at least 4 members (excludes halogenated alkanes) is 2. The molecule has 0 bridgehead atoms. The van der Waals surface area contributed by atoms with Crippen LogP contribution in [0, 0.1) is 0 Å². The maximum absolute atomic E-state index is 10.3. The highest BCUT2D eigenvalue weighted by atomic mass is 16.1. The van der Waals surface area contributed by atoms with Crippen LogP contribution in [-0.4, -0.2) is 11.3 Å². The van der Waals surface area contributed by atoms with Crippen molar-refractivity contribution in [3.05, 3.63) is 23.5 Å². The fourth-order valence-corrected chi connectivity index (χ4v) is 1.24. The third-order valence-corrected chi connectivity index (χ3v) is 1.95. The molecule has 0 aliphatic heterocycles. The molecule has 1 heterocycles. The van der Waals surface area contributed by atoms with Gasteiger partial charge >= 0.3 is 0 Å². The summed E-state index contributed by atoms with van der Waals surface area (Å²) >= 11 is 0. The van der Waals surface area contributed by atoms with Crippen molar-refractivity contribution in [2.24, 2.45) is 0 Å². The van der Waals surface area contributed by atoms with Gasteiger partial charge in [-0.2, -0.15) is 0 Å². The van der Waals surface area contributed by atoms with Gasteiger partial charge in [0.1, 0.15) is 0 Å².